The van der Waals surface area contributed by atoms with Crippen molar-refractivity contribution >= 4 is 11.7 Å². The van der Waals surface area contributed by atoms with Gasteiger partial charge in [-0.05, 0) is 37.6 Å². The second kappa shape index (κ2) is 7.81. The van der Waals surface area contributed by atoms with Crippen LogP contribution in [0.15, 0.2) is 54.9 Å². The largest absolute Gasteiger partial charge is 0.417 e. The number of carbonyl (C=O) groups excluding carboxylic acids is 1. The summed E-state index contributed by atoms with van der Waals surface area (Å²) in [5.41, 5.74) is 1.32. The number of hydrogen-bond acceptors (Lipinski definition) is 4. The molecule has 1 fully saturated rings. The number of hydrogen-bond donors (Lipinski definition) is 1. The Bertz CT molecular complexity index is 1030. The van der Waals surface area contributed by atoms with Crippen LogP contribution in [0.4, 0.5) is 19.0 Å². The van der Waals surface area contributed by atoms with Gasteiger partial charge in [0, 0.05) is 25.3 Å². The molecule has 1 atom stereocenters. The monoisotopic (exact) mass is 415 g/mol. The SMILES string of the molecule is Cc1c(C(=O)N[C@@H]2CCN(c3ccc(C(F)(F)F)cn3)C2)cnn1-c1ccccc1. The third-order valence-electron chi connectivity index (χ3n) is 5.18. The maximum atomic E-state index is 12.7. The molecular formula is C21H20F3N5O. The van der Waals surface area contributed by atoms with E-state index in [0.717, 1.165) is 23.6 Å². The molecule has 4 rings (SSSR count). The summed E-state index contributed by atoms with van der Waals surface area (Å²) in [7, 11) is 0. The summed E-state index contributed by atoms with van der Waals surface area (Å²) in [5.74, 6) is 0.245. The molecule has 30 heavy (non-hydrogen) atoms. The molecule has 6 nitrogen and oxygen atoms in total. The summed E-state index contributed by atoms with van der Waals surface area (Å²) in [6.07, 6.45) is -1.35. The average molecular weight is 415 g/mol. The number of rotatable bonds is 4. The Labute approximate surface area is 171 Å². The summed E-state index contributed by atoms with van der Waals surface area (Å²) < 4.78 is 39.8. The number of amides is 1. The number of halogens is 3. The van der Waals surface area contributed by atoms with Gasteiger partial charge in [0.05, 0.1) is 28.7 Å². The van der Waals surface area contributed by atoms with Crippen LogP contribution >= 0.6 is 0 Å². The average Bonchev–Trinajstić information content (AvgIpc) is 3.35. The minimum Gasteiger partial charge on any atom is -0.354 e. The molecule has 9 heteroatoms. The Kier molecular flexibility index (Phi) is 5.19. The molecule has 1 amide bonds. The summed E-state index contributed by atoms with van der Waals surface area (Å²) in [4.78, 5) is 18.5. The van der Waals surface area contributed by atoms with Gasteiger partial charge in [-0.3, -0.25) is 4.79 Å². The fourth-order valence-electron chi connectivity index (χ4n) is 3.55. The molecule has 156 valence electrons. The zero-order chi connectivity index (χ0) is 21.3. The van der Waals surface area contributed by atoms with Gasteiger partial charge >= 0.3 is 6.18 Å². The number of nitrogens with one attached hydrogen (secondary N) is 1. The number of nitrogens with zero attached hydrogens (tertiary/aromatic N) is 4. The number of pyridine rings is 1. The number of carbonyl (C=O) groups is 1. The molecular weight excluding hydrogens is 395 g/mol. The second-order valence-corrected chi connectivity index (χ2v) is 7.20. The molecule has 1 aliphatic rings. The van der Waals surface area contributed by atoms with E-state index in [0.29, 0.717) is 30.9 Å². The number of para-hydroxylation sites is 1. The van der Waals surface area contributed by atoms with Gasteiger partial charge in [-0.15, -0.1) is 0 Å². The van der Waals surface area contributed by atoms with Crippen LogP contribution in [0.1, 0.15) is 28.0 Å². The number of alkyl halides is 3. The minimum absolute atomic E-state index is 0.124. The van der Waals surface area contributed by atoms with Crippen LogP contribution in [-0.4, -0.2) is 39.8 Å². The highest BCUT2D eigenvalue weighted by atomic mass is 19.4. The fraction of sp³-hybridized carbons (Fsp3) is 0.286. The van der Waals surface area contributed by atoms with Gasteiger partial charge in [-0.2, -0.15) is 18.3 Å². The predicted molar refractivity (Wildman–Crippen MR) is 106 cm³/mol. The highest BCUT2D eigenvalue weighted by Gasteiger charge is 2.32. The van der Waals surface area contributed by atoms with Crippen molar-refractivity contribution in [3.8, 4) is 5.69 Å². The summed E-state index contributed by atoms with van der Waals surface area (Å²) in [5, 5.41) is 7.31. The molecule has 1 aliphatic heterocycles. The third kappa shape index (κ3) is 4.00. The van der Waals surface area contributed by atoms with Crippen molar-refractivity contribution in [2.45, 2.75) is 25.6 Å². The molecule has 0 saturated carbocycles. The van der Waals surface area contributed by atoms with E-state index in [1.807, 2.05) is 42.2 Å². The van der Waals surface area contributed by atoms with Gasteiger partial charge in [0.15, 0.2) is 0 Å². The van der Waals surface area contributed by atoms with Gasteiger partial charge in [-0.1, -0.05) is 18.2 Å². The Morgan fingerprint density at radius 2 is 1.90 bits per heavy atom. The molecule has 0 bridgehead atoms. The highest BCUT2D eigenvalue weighted by Crippen LogP contribution is 2.30. The standard InChI is InChI=1S/C21H20F3N5O/c1-14-18(12-26-29(14)17-5-3-2-4-6-17)20(30)27-16-9-10-28(13-16)19-8-7-15(11-25-19)21(22,23)24/h2-8,11-12,16H,9-10,13H2,1H3,(H,27,30)/t16-/m1/s1. The van der Waals surface area contributed by atoms with Crippen molar-refractivity contribution in [3.63, 3.8) is 0 Å². The summed E-state index contributed by atoms with van der Waals surface area (Å²) in [6, 6.07) is 11.8. The topological polar surface area (TPSA) is 63.1 Å². The van der Waals surface area contributed by atoms with Gasteiger partial charge in [0.2, 0.25) is 0 Å². The molecule has 0 aliphatic carbocycles. The molecule has 0 radical (unpaired) electrons. The molecule has 1 N–H and O–H groups in total. The first-order chi connectivity index (χ1) is 14.3. The van der Waals surface area contributed by atoms with E-state index < -0.39 is 11.7 Å². The van der Waals surface area contributed by atoms with E-state index >= 15 is 0 Å². The number of anilines is 1. The Morgan fingerprint density at radius 1 is 1.13 bits per heavy atom. The van der Waals surface area contributed by atoms with Crippen LogP contribution in [0.2, 0.25) is 0 Å². The zero-order valence-corrected chi connectivity index (χ0v) is 16.2. The van der Waals surface area contributed by atoms with E-state index in [4.69, 9.17) is 0 Å². The first-order valence-electron chi connectivity index (χ1n) is 9.52. The van der Waals surface area contributed by atoms with Gasteiger partial charge in [-0.25, -0.2) is 9.67 Å². The first kappa shape index (κ1) is 19.9. The van der Waals surface area contributed by atoms with Crippen LogP contribution in [-0.2, 0) is 6.18 Å². The maximum Gasteiger partial charge on any atom is 0.417 e. The Balaban J connectivity index is 1.40. The molecule has 3 aromatic rings. The van der Waals surface area contributed by atoms with Crippen molar-refractivity contribution in [1.82, 2.24) is 20.1 Å². The highest BCUT2D eigenvalue weighted by molar-refractivity contribution is 5.95. The summed E-state index contributed by atoms with van der Waals surface area (Å²) in [6.45, 7) is 2.92. The van der Waals surface area contributed by atoms with Crippen molar-refractivity contribution < 1.29 is 18.0 Å². The fourth-order valence-corrected chi connectivity index (χ4v) is 3.55. The molecule has 1 aromatic carbocycles. The lowest BCUT2D eigenvalue weighted by Gasteiger charge is -2.18. The van der Waals surface area contributed by atoms with Crippen LogP contribution in [0.5, 0.6) is 0 Å². The quantitative estimate of drug-likeness (QED) is 0.707. The third-order valence-corrected chi connectivity index (χ3v) is 5.18. The summed E-state index contributed by atoms with van der Waals surface area (Å²) >= 11 is 0. The smallest absolute Gasteiger partial charge is 0.354 e. The normalized spacial score (nSPS) is 16.7. The molecule has 2 aromatic heterocycles. The van der Waals surface area contributed by atoms with E-state index in [-0.39, 0.29) is 11.9 Å². The molecule has 0 unspecified atom stereocenters. The van der Waals surface area contributed by atoms with Crippen molar-refractivity contribution in [2.24, 2.45) is 0 Å². The van der Waals surface area contributed by atoms with Gasteiger partial charge in [0.1, 0.15) is 5.82 Å². The first-order valence-corrected chi connectivity index (χ1v) is 9.52. The minimum atomic E-state index is -4.41. The lowest BCUT2D eigenvalue weighted by atomic mass is 10.2. The Morgan fingerprint density at radius 3 is 2.57 bits per heavy atom. The lowest BCUT2D eigenvalue weighted by Crippen LogP contribution is -2.37. The Hall–Kier alpha value is -3.36. The van der Waals surface area contributed by atoms with Crippen molar-refractivity contribution in [2.75, 3.05) is 18.0 Å². The van der Waals surface area contributed by atoms with Crippen LogP contribution in [0, 0.1) is 6.92 Å². The molecule has 0 spiro atoms. The number of aromatic nitrogens is 3. The van der Waals surface area contributed by atoms with Crippen LogP contribution in [0.3, 0.4) is 0 Å². The van der Waals surface area contributed by atoms with Crippen LogP contribution in [0.25, 0.3) is 5.69 Å². The van der Waals surface area contributed by atoms with Crippen molar-refractivity contribution in [1.29, 1.82) is 0 Å². The van der Waals surface area contributed by atoms with Gasteiger partial charge in [0.25, 0.3) is 5.91 Å². The second-order valence-electron chi connectivity index (χ2n) is 7.20. The van der Waals surface area contributed by atoms with E-state index in [1.54, 1.807) is 10.9 Å². The number of benzene rings is 1. The van der Waals surface area contributed by atoms with E-state index in [1.165, 1.54) is 6.07 Å². The van der Waals surface area contributed by atoms with Gasteiger partial charge < -0.3 is 10.2 Å². The van der Waals surface area contributed by atoms with E-state index in [9.17, 15) is 18.0 Å². The molecule has 1 saturated heterocycles. The van der Waals surface area contributed by atoms with Crippen molar-refractivity contribution in [3.05, 3.63) is 71.7 Å². The predicted octanol–water partition coefficient (Wildman–Crippen LogP) is 3.60. The van der Waals surface area contributed by atoms with Crippen LogP contribution < -0.4 is 10.2 Å². The maximum absolute atomic E-state index is 12.7. The zero-order valence-electron chi connectivity index (χ0n) is 16.2. The van der Waals surface area contributed by atoms with E-state index in [2.05, 4.69) is 15.4 Å². The molecule has 3 heterocycles. The lowest BCUT2D eigenvalue weighted by molar-refractivity contribution is -0.137.